The molecule has 0 atom stereocenters. The summed E-state index contributed by atoms with van der Waals surface area (Å²) in [7, 11) is 0. The van der Waals surface area contributed by atoms with Gasteiger partial charge in [-0.15, -0.1) is 0 Å². The number of carbonyl (C=O) groups is 1. The van der Waals surface area contributed by atoms with Crippen molar-refractivity contribution in [3.63, 3.8) is 0 Å². The lowest BCUT2D eigenvalue weighted by molar-refractivity contribution is 0.104. The van der Waals surface area contributed by atoms with E-state index in [1.54, 1.807) is 12.3 Å². The molecule has 0 saturated heterocycles. The minimum Gasteiger partial charge on any atom is -0.361 e. The van der Waals surface area contributed by atoms with E-state index >= 15 is 0 Å². The molecule has 0 aliphatic carbocycles. The Labute approximate surface area is 126 Å². The lowest BCUT2D eigenvalue weighted by Gasteiger charge is -2.06. The van der Waals surface area contributed by atoms with Crippen LogP contribution in [0.1, 0.15) is 34.0 Å². The molecule has 0 fully saturated rings. The number of ketones is 1. The quantitative estimate of drug-likeness (QED) is 0.636. The fourth-order valence-corrected chi connectivity index (χ4v) is 2.17. The highest BCUT2D eigenvalue weighted by Crippen LogP contribution is 2.15. The van der Waals surface area contributed by atoms with Crippen LogP contribution in [0.15, 0.2) is 54.7 Å². The van der Waals surface area contributed by atoms with Gasteiger partial charge in [0.15, 0.2) is 5.78 Å². The molecule has 0 aromatic heterocycles. The maximum atomic E-state index is 12.1. The van der Waals surface area contributed by atoms with E-state index in [4.69, 9.17) is 0 Å². The molecular weight excluding hydrogens is 258 g/mol. The summed E-state index contributed by atoms with van der Waals surface area (Å²) in [5, 5.41) is 3.19. The highest BCUT2D eigenvalue weighted by molar-refractivity contribution is 6.04. The van der Waals surface area contributed by atoms with Gasteiger partial charge in [0, 0.05) is 23.5 Å². The molecule has 2 rings (SSSR count). The molecule has 2 aromatic carbocycles. The molecule has 2 nitrogen and oxygen atoms in total. The zero-order chi connectivity index (χ0) is 15.2. The highest BCUT2D eigenvalue weighted by atomic mass is 16.1. The van der Waals surface area contributed by atoms with Crippen molar-refractivity contribution in [3.05, 3.63) is 77.0 Å². The van der Waals surface area contributed by atoms with Crippen molar-refractivity contribution < 1.29 is 4.79 Å². The standard InChI is InChI=1S/C19H21NO/c1-4-16-7-5-6-8-18(16)20-12-11-19(21)17-10-9-14(2)15(3)13-17/h5-13,20H,4H2,1-3H3/b12-11+. The fraction of sp³-hybridized carbons (Fsp3) is 0.211. The molecule has 1 N–H and O–H groups in total. The zero-order valence-electron chi connectivity index (χ0n) is 12.8. The second-order valence-electron chi connectivity index (χ2n) is 5.15. The van der Waals surface area contributed by atoms with Crippen molar-refractivity contribution >= 4 is 11.5 Å². The second kappa shape index (κ2) is 6.89. The summed E-state index contributed by atoms with van der Waals surface area (Å²) < 4.78 is 0. The monoisotopic (exact) mass is 279 g/mol. The molecule has 0 saturated carbocycles. The molecule has 0 unspecified atom stereocenters. The Bertz CT molecular complexity index is 671. The van der Waals surface area contributed by atoms with Crippen molar-refractivity contribution in [1.82, 2.24) is 0 Å². The predicted molar refractivity (Wildman–Crippen MR) is 88.8 cm³/mol. The maximum absolute atomic E-state index is 12.1. The average Bonchev–Trinajstić information content (AvgIpc) is 2.50. The summed E-state index contributed by atoms with van der Waals surface area (Å²) >= 11 is 0. The normalized spacial score (nSPS) is 10.8. The number of hydrogen-bond donors (Lipinski definition) is 1. The summed E-state index contributed by atoms with van der Waals surface area (Å²) in [4.78, 5) is 12.1. The van der Waals surface area contributed by atoms with Crippen LogP contribution in [0.5, 0.6) is 0 Å². The number of rotatable bonds is 5. The molecule has 0 aliphatic heterocycles. The van der Waals surface area contributed by atoms with E-state index < -0.39 is 0 Å². The molecule has 2 heteroatoms. The molecule has 0 amide bonds. The van der Waals surface area contributed by atoms with E-state index in [-0.39, 0.29) is 5.78 Å². The van der Waals surface area contributed by atoms with Gasteiger partial charge in [-0.05, 0) is 49.1 Å². The van der Waals surface area contributed by atoms with E-state index in [0.29, 0.717) is 0 Å². The molecule has 0 spiro atoms. The van der Waals surface area contributed by atoms with Crippen LogP contribution >= 0.6 is 0 Å². The van der Waals surface area contributed by atoms with Crippen LogP contribution < -0.4 is 5.32 Å². The Morgan fingerprint density at radius 2 is 1.86 bits per heavy atom. The Morgan fingerprint density at radius 3 is 2.57 bits per heavy atom. The first-order valence-electron chi connectivity index (χ1n) is 7.24. The summed E-state index contributed by atoms with van der Waals surface area (Å²) in [6.45, 7) is 6.18. The fourth-order valence-electron chi connectivity index (χ4n) is 2.17. The van der Waals surface area contributed by atoms with Crippen molar-refractivity contribution in [1.29, 1.82) is 0 Å². The Kier molecular flexibility index (Phi) is 4.94. The molecule has 21 heavy (non-hydrogen) atoms. The third kappa shape index (κ3) is 3.82. The molecule has 0 bridgehead atoms. The number of allylic oxidation sites excluding steroid dienone is 1. The summed E-state index contributed by atoms with van der Waals surface area (Å²) in [6.07, 6.45) is 4.25. The van der Waals surface area contributed by atoms with Gasteiger partial charge in [0.05, 0.1) is 0 Å². The van der Waals surface area contributed by atoms with E-state index in [9.17, 15) is 4.79 Å². The van der Waals surface area contributed by atoms with Crippen molar-refractivity contribution in [2.24, 2.45) is 0 Å². The highest BCUT2D eigenvalue weighted by Gasteiger charge is 2.03. The average molecular weight is 279 g/mol. The zero-order valence-corrected chi connectivity index (χ0v) is 12.8. The predicted octanol–water partition coefficient (Wildman–Crippen LogP) is 4.67. The molecule has 108 valence electrons. The van der Waals surface area contributed by atoms with Crippen LogP contribution in [0.2, 0.25) is 0 Å². The van der Waals surface area contributed by atoms with E-state index in [0.717, 1.165) is 23.2 Å². The Morgan fingerprint density at radius 1 is 1.10 bits per heavy atom. The number of para-hydroxylation sites is 1. The number of carbonyl (C=O) groups excluding carboxylic acids is 1. The minimum atomic E-state index is 0.0135. The summed E-state index contributed by atoms with van der Waals surface area (Å²) in [5.41, 5.74) is 5.34. The van der Waals surface area contributed by atoms with Gasteiger partial charge in [0.25, 0.3) is 0 Å². The minimum absolute atomic E-state index is 0.0135. The first kappa shape index (κ1) is 15.0. The van der Waals surface area contributed by atoms with Crippen molar-refractivity contribution in [2.45, 2.75) is 27.2 Å². The lowest BCUT2D eigenvalue weighted by atomic mass is 10.0. The van der Waals surface area contributed by atoms with Crippen LogP contribution in [0.3, 0.4) is 0 Å². The van der Waals surface area contributed by atoms with E-state index in [1.165, 1.54) is 11.1 Å². The molecule has 0 aliphatic rings. The van der Waals surface area contributed by atoms with E-state index in [1.807, 2.05) is 50.2 Å². The van der Waals surface area contributed by atoms with Gasteiger partial charge in [-0.25, -0.2) is 0 Å². The SMILES string of the molecule is CCc1ccccc1N/C=C/C(=O)c1ccc(C)c(C)c1. The first-order chi connectivity index (χ1) is 10.1. The number of aryl methyl sites for hydroxylation is 3. The topological polar surface area (TPSA) is 29.1 Å². The van der Waals surface area contributed by atoms with Crippen molar-refractivity contribution in [2.75, 3.05) is 5.32 Å². The molecule has 0 radical (unpaired) electrons. The number of nitrogens with one attached hydrogen (secondary N) is 1. The number of anilines is 1. The maximum Gasteiger partial charge on any atom is 0.187 e. The van der Waals surface area contributed by atoms with Gasteiger partial charge in [-0.2, -0.15) is 0 Å². The first-order valence-corrected chi connectivity index (χ1v) is 7.24. The second-order valence-corrected chi connectivity index (χ2v) is 5.15. The summed E-state index contributed by atoms with van der Waals surface area (Å²) in [5.74, 6) is 0.0135. The third-order valence-electron chi connectivity index (χ3n) is 3.66. The van der Waals surface area contributed by atoms with Gasteiger partial charge >= 0.3 is 0 Å². The van der Waals surface area contributed by atoms with Gasteiger partial charge < -0.3 is 5.32 Å². The summed E-state index contributed by atoms with van der Waals surface area (Å²) in [6, 6.07) is 13.9. The number of benzene rings is 2. The van der Waals surface area contributed by atoms with Crippen LogP contribution in [-0.2, 0) is 6.42 Å². The smallest absolute Gasteiger partial charge is 0.187 e. The van der Waals surface area contributed by atoms with Gasteiger partial charge in [0.1, 0.15) is 0 Å². The Balaban J connectivity index is 2.07. The van der Waals surface area contributed by atoms with Crippen LogP contribution in [0.4, 0.5) is 5.69 Å². The van der Waals surface area contributed by atoms with Crippen LogP contribution in [-0.4, -0.2) is 5.78 Å². The molecule has 0 heterocycles. The molecule has 2 aromatic rings. The van der Waals surface area contributed by atoms with Crippen LogP contribution in [0.25, 0.3) is 0 Å². The third-order valence-corrected chi connectivity index (χ3v) is 3.66. The van der Waals surface area contributed by atoms with Gasteiger partial charge in [0.2, 0.25) is 0 Å². The largest absolute Gasteiger partial charge is 0.361 e. The van der Waals surface area contributed by atoms with Gasteiger partial charge in [-0.1, -0.05) is 37.3 Å². The van der Waals surface area contributed by atoms with Crippen LogP contribution in [0, 0.1) is 13.8 Å². The number of hydrogen-bond acceptors (Lipinski definition) is 2. The molecular formula is C19H21NO. The Hall–Kier alpha value is -2.35. The lowest BCUT2D eigenvalue weighted by Crippen LogP contribution is -1.98. The van der Waals surface area contributed by atoms with Gasteiger partial charge in [-0.3, -0.25) is 4.79 Å². The van der Waals surface area contributed by atoms with E-state index in [2.05, 4.69) is 18.3 Å². The van der Waals surface area contributed by atoms with Crippen molar-refractivity contribution in [3.8, 4) is 0 Å².